The van der Waals surface area contributed by atoms with Crippen molar-refractivity contribution in [2.75, 3.05) is 7.11 Å². The van der Waals surface area contributed by atoms with E-state index >= 15 is 0 Å². The largest absolute Gasteiger partial charge is 0.496 e. The summed E-state index contributed by atoms with van der Waals surface area (Å²) in [5, 5.41) is 0. The number of halogens is 1. The van der Waals surface area contributed by atoms with Crippen molar-refractivity contribution in [3.8, 4) is 5.75 Å². The van der Waals surface area contributed by atoms with Crippen LogP contribution in [0.2, 0.25) is 0 Å². The Morgan fingerprint density at radius 2 is 2.20 bits per heavy atom. The van der Waals surface area contributed by atoms with Gasteiger partial charge in [0.15, 0.2) is 0 Å². The molecule has 0 unspecified atom stereocenters. The van der Waals surface area contributed by atoms with Crippen molar-refractivity contribution < 1.29 is 4.74 Å². The van der Waals surface area contributed by atoms with Gasteiger partial charge in [0.25, 0.3) is 0 Å². The molecule has 0 aliphatic heterocycles. The highest BCUT2D eigenvalue weighted by atomic mass is 79.9. The zero-order valence-electron chi connectivity index (χ0n) is 5.47. The van der Waals surface area contributed by atoms with Gasteiger partial charge < -0.3 is 4.74 Å². The van der Waals surface area contributed by atoms with Crippen LogP contribution in [0.4, 0.5) is 0 Å². The lowest BCUT2D eigenvalue weighted by atomic mass is 10.3. The number of benzene rings is 1. The highest BCUT2D eigenvalue weighted by Gasteiger charge is 1.97. The van der Waals surface area contributed by atoms with Crippen molar-refractivity contribution in [3.63, 3.8) is 0 Å². The van der Waals surface area contributed by atoms with Crippen LogP contribution in [0.25, 0.3) is 0 Å². The Balaban J connectivity index is 3.07. The minimum atomic E-state index is 0.831. The molecule has 0 spiro atoms. The summed E-state index contributed by atoms with van der Waals surface area (Å²) >= 11 is 7.49. The molecule has 0 amide bonds. The van der Waals surface area contributed by atoms with E-state index in [2.05, 4.69) is 28.6 Å². The summed E-state index contributed by atoms with van der Waals surface area (Å²) in [5.41, 5.74) is 0. The van der Waals surface area contributed by atoms with Gasteiger partial charge >= 0.3 is 0 Å². The quantitative estimate of drug-likeness (QED) is 0.714. The number of rotatable bonds is 1. The molecule has 10 heavy (non-hydrogen) atoms. The van der Waals surface area contributed by atoms with Crippen molar-refractivity contribution in [2.45, 2.75) is 4.90 Å². The van der Waals surface area contributed by atoms with E-state index in [1.165, 1.54) is 0 Å². The molecule has 0 aliphatic rings. The summed E-state index contributed by atoms with van der Waals surface area (Å²) in [7, 11) is 1.64. The molecular formula is C7H7BrOS. The Bertz CT molecular complexity index is 237. The summed E-state index contributed by atoms with van der Waals surface area (Å²) in [5.74, 6) is 0.831. The highest BCUT2D eigenvalue weighted by Crippen LogP contribution is 2.26. The zero-order valence-corrected chi connectivity index (χ0v) is 7.95. The van der Waals surface area contributed by atoms with E-state index in [9.17, 15) is 0 Å². The number of thiol groups is 1. The lowest BCUT2D eigenvalue weighted by Gasteiger charge is -2.01. The average molecular weight is 219 g/mol. The smallest absolute Gasteiger partial charge is 0.133 e. The standard InChI is InChI=1S/C7H7BrOS/c1-9-7-3-2-5(10)4-6(7)8/h2-4,10H,1H3. The third-order valence-electron chi connectivity index (χ3n) is 1.14. The van der Waals surface area contributed by atoms with Crippen LogP contribution in [0.1, 0.15) is 0 Å². The maximum absolute atomic E-state index is 5.02. The minimum absolute atomic E-state index is 0.831. The first-order valence-corrected chi connectivity index (χ1v) is 4.00. The molecule has 0 saturated carbocycles. The molecule has 0 saturated heterocycles. The predicted octanol–water partition coefficient (Wildman–Crippen LogP) is 2.75. The molecular weight excluding hydrogens is 212 g/mol. The van der Waals surface area contributed by atoms with Gasteiger partial charge in [-0.25, -0.2) is 0 Å². The monoisotopic (exact) mass is 218 g/mol. The van der Waals surface area contributed by atoms with E-state index in [4.69, 9.17) is 4.74 Å². The fourth-order valence-electron chi connectivity index (χ4n) is 0.655. The van der Waals surface area contributed by atoms with Gasteiger partial charge in [0.1, 0.15) is 5.75 Å². The predicted molar refractivity (Wildman–Crippen MR) is 47.9 cm³/mol. The Morgan fingerprint density at radius 3 is 2.70 bits per heavy atom. The molecule has 3 heteroatoms. The maximum Gasteiger partial charge on any atom is 0.133 e. The topological polar surface area (TPSA) is 9.23 Å². The molecule has 1 rings (SSSR count). The van der Waals surface area contributed by atoms with Crippen molar-refractivity contribution in [2.24, 2.45) is 0 Å². The molecule has 1 nitrogen and oxygen atoms in total. The molecule has 0 aliphatic carbocycles. The molecule has 54 valence electrons. The lowest BCUT2D eigenvalue weighted by molar-refractivity contribution is 0.412. The Hall–Kier alpha value is -0.150. The van der Waals surface area contributed by atoms with E-state index in [1.54, 1.807) is 7.11 Å². The first kappa shape index (κ1) is 7.95. The number of methoxy groups -OCH3 is 1. The van der Waals surface area contributed by atoms with E-state index in [-0.39, 0.29) is 0 Å². The van der Waals surface area contributed by atoms with Crippen molar-refractivity contribution in [3.05, 3.63) is 22.7 Å². The number of hydrogen-bond acceptors (Lipinski definition) is 2. The normalized spacial score (nSPS) is 9.50. The first-order valence-electron chi connectivity index (χ1n) is 2.76. The number of hydrogen-bond donors (Lipinski definition) is 1. The van der Waals surface area contributed by atoms with Crippen molar-refractivity contribution in [1.29, 1.82) is 0 Å². The van der Waals surface area contributed by atoms with E-state index in [0.717, 1.165) is 15.1 Å². The summed E-state index contributed by atoms with van der Waals surface area (Å²) in [6.45, 7) is 0. The average Bonchev–Trinajstić information content (AvgIpc) is 1.88. The van der Waals surface area contributed by atoms with Crippen molar-refractivity contribution >= 4 is 28.6 Å². The van der Waals surface area contributed by atoms with Crippen LogP contribution in [0, 0.1) is 0 Å². The third-order valence-corrected chi connectivity index (χ3v) is 2.03. The van der Waals surface area contributed by atoms with E-state index in [1.807, 2.05) is 18.2 Å². The zero-order chi connectivity index (χ0) is 7.56. The van der Waals surface area contributed by atoms with Gasteiger partial charge in [0.2, 0.25) is 0 Å². The summed E-state index contributed by atoms with van der Waals surface area (Å²) in [6.07, 6.45) is 0. The van der Waals surface area contributed by atoms with E-state index < -0.39 is 0 Å². The van der Waals surface area contributed by atoms with Gasteiger partial charge in [-0.05, 0) is 34.1 Å². The van der Waals surface area contributed by atoms with E-state index in [0.29, 0.717) is 0 Å². The van der Waals surface area contributed by atoms with Gasteiger partial charge in [0, 0.05) is 4.90 Å². The minimum Gasteiger partial charge on any atom is -0.496 e. The van der Waals surface area contributed by atoms with Crippen LogP contribution in [-0.2, 0) is 0 Å². The van der Waals surface area contributed by atoms with Crippen LogP contribution >= 0.6 is 28.6 Å². The molecule has 0 atom stereocenters. The molecule has 1 aromatic carbocycles. The Labute approximate surface area is 73.9 Å². The highest BCUT2D eigenvalue weighted by molar-refractivity contribution is 9.10. The first-order chi connectivity index (χ1) is 4.74. The van der Waals surface area contributed by atoms with Gasteiger partial charge in [0.05, 0.1) is 11.6 Å². The second kappa shape index (κ2) is 3.30. The molecule has 0 N–H and O–H groups in total. The van der Waals surface area contributed by atoms with Gasteiger partial charge in [-0.2, -0.15) is 0 Å². The number of ether oxygens (including phenoxy) is 1. The van der Waals surface area contributed by atoms with Crippen molar-refractivity contribution in [1.82, 2.24) is 0 Å². The summed E-state index contributed by atoms with van der Waals surface area (Å²) in [6, 6.07) is 5.64. The summed E-state index contributed by atoms with van der Waals surface area (Å²) in [4.78, 5) is 0.924. The molecule has 0 radical (unpaired) electrons. The van der Waals surface area contributed by atoms with Crippen LogP contribution in [0.5, 0.6) is 5.75 Å². The SMILES string of the molecule is COc1ccc(S)cc1Br. The lowest BCUT2D eigenvalue weighted by Crippen LogP contribution is -1.82. The van der Waals surface area contributed by atoms with Crippen LogP contribution in [-0.4, -0.2) is 7.11 Å². The van der Waals surface area contributed by atoms with Gasteiger partial charge in [-0.15, -0.1) is 12.6 Å². The van der Waals surface area contributed by atoms with Crippen LogP contribution < -0.4 is 4.74 Å². The fourth-order valence-corrected chi connectivity index (χ4v) is 1.58. The second-order valence-corrected chi connectivity index (χ2v) is 3.19. The Kier molecular flexibility index (Phi) is 2.63. The Morgan fingerprint density at radius 1 is 1.50 bits per heavy atom. The van der Waals surface area contributed by atoms with Crippen LogP contribution in [0.3, 0.4) is 0 Å². The molecule has 1 aromatic rings. The summed E-state index contributed by atoms with van der Waals surface area (Å²) < 4.78 is 5.95. The third kappa shape index (κ3) is 1.67. The fraction of sp³-hybridized carbons (Fsp3) is 0.143. The second-order valence-electron chi connectivity index (χ2n) is 1.82. The molecule has 0 bridgehead atoms. The maximum atomic E-state index is 5.02. The van der Waals surface area contributed by atoms with Gasteiger partial charge in [-0.1, -0.05) is 0 Å². The molecule has 0 aromatic heterocycles. The van der Waals surface area contributed by atoms with Crippen LogP contribution in [0.15, 0.2) is 27.6 Å². The molecule has 0 heterocycles. The molecule has 0 fully saturated rings. The van der Waals surface area contributed by atoms with Gasteiger partial charge in [-0.3, -0.25) is 0 Å².